The van der Waals surface area contributed by atoms with Crippen LogP contribution in [0.4, 0.5) is 5.69 Å². The molecule has 1 aromatic carbocycles. The Bertz CT molecular complexity index is 543. The second-order valence-electron chi connectivity index (χ2n) is 4.97. The Kier molecular flexibility index (Phi) is 3.52. The molecule has 1 aliphatic heterocycles. The molecule has 2 rings (SSSR count). The second-order valence-corrected chi connectivity index (χ2v) is 5.37. The van der Waals surface area contributed by atoms with E-state index in [0.29, 0.717) is 16.3 Å². The van der Waals surface area contributed by atoms with Crippen LogP contribution < -0.4 is 10.2 Å². The average molecular weight is 283 g/mol. The Hall–Kier alpha value is -1.59. The maximum absolute atomic E-state index is 11.9. The molecule has 0 aromatic heterocycles. The minimum atomic E-state index is -0.863. The lowest BCUT2D eigenvalue weighted by Gasteiger charge is -2.42. The summed E-state index contributed by atoms with van der Waals surface area (Å²) in [6.07, 6.45) is 0. The van der Waals surface area contributed by atoms with Gasteiger partial charge in [-0.25, -0.2) is 0 Å². The van der Waals surface area contributed by atoms with Crippen molar-refractivity contribution in [2.24, 2.45) is 0 Å². The first kappa shape index (κ1) is 13.8. The van der Waals surface area contributed by atoms with E-state index in [-0.39, 0.29) is 25.0 Å². The van der Waals surface area contributed by atoms with Crippen molar-refractivity contribution in [3.8, 4) is 0 Å². The van der Waals surface area contributed by atoms with E-state index in [1.54, 1.807) is 36.9 Å². The maximum atomic E-state index is 11.9. The van der Waals surface area contributed by atoms with Crippen molar-refractivity contribution in [1.29, 1.82) is 0 Å². The van der Waals surface area contributed by atoms with Gasteiger partial charge < -0.3 is 10.0 Å². The van der Waals surface area contributed by atoms with E-state index in [4.69, 9.17) is 16.7 Å². The number of rotatable bonds is 2. The molecule has 102 valence electrons. The largest absolute Gasteiger partial charge is 0.392 e. The molecule has 2 N–H and O–H groups in total. The smallest absolute Gasteiger partial charge is 0.251 e. The summed E-state index contributed by atoms with van der Waals surface area (Å²) in [4.78, 5) is 25.1. The molecule has 1 fully saturated rings. The van der Waals surface area contributed by atoms with Crippen molar-refractivity contribution < 1.29 is 14.7 Å². The van der Waals surface area contributed by atoms with Gasteiger partial charge in [0.05, 0.1) is 23.9 Å². The summed E-state index contributed by atoms with van der Waals surface area (Å²) in [6.45, 7) is 3.41. The van der Waals surface area contributed by atoms with Gasteiger partial charge in [0, 0.05) is 0 Å². The van der Waals surface area contributed by atoms with Crippen LogP contribution in [0.2, 0.25) is 5.02 Å². The summed E-state index contributed by atoms with van der Waals surface area (Å²) in [7, 11) is 0. The first-order valence-electron chi connectivity index (χ1n) is 5.87. The third-order valence-electron chi connectivity index (χ3n) is 3.27. The predicted octanol–water partition coefficient (Wildman–Crippen LogP) is 1.07. The van der Waals surface area contributed by atoms with E-state index >= 15 is 0 Å². The number of hydrogen-bond donors (Lipinski definition) is 2. The number of carbonyl (C=O) groups excluding carboxylic acids is 2. The third kappa shape index (κ3) is 2.43. The molecular weight excluding hydrogens is 268 g/mol. The summed E-state index contributed by atoms with van der Waals surface area (Å²) in [5, 5.41) is 11.8. The van der Waals surface area contributed by atoms with Gasteiger partial charge in [0.15, 0.2) is 0 Å². The lowest BCUT2D eigenvalue weighted by Crippen LogP contribution is -2.64. The van der Waals surface area contributed by atoms with Crippen molar-refractivity contribution in [1.82, 2.24) is 5.32 Å². The standard InChI is InChI=1S/C13H15ClN2O3/c1-13(2)12(19)15-11(18)6-16(13)10-4-3-8(7-17)5-9(10)14/h3-5,17H,6-7H2,1-2H3,(H,15,18,19). The number of anilines is 1. The molecular formula is C13H15ClN2O3. The highest BCUT2D eigenvalue weighted by atomic mass is 35.5. The number of imide groups is 1. The number of hydrogen-bond acceptors (Lipinski definition) is 4. The molecule has 0 bridgehead atoms. The SMILES string of the molecule is CC1(C)C(=O)NC(=O)CN1c1ccc(CO)cc1Cl. The number of carbonyl (C=O) groups is 2. The first-order valence-corrected chi connectivity index (χ1v) is 6.25. The number of piperazine rings is 1. The summed E-state index contributed by atoms with van der Waals surface area (Å²) in [5.74, 6) is -0.710. The van der Waals surface area contributed by atoms with Gasteiger partial charge in [-0.1, -0.05) is 17.7 Å². The quantitative estimate of drug-likeness (QED) is 0.796. The molecule has 1 aliphatic rings. The van der Waals surface area contributed by atoms with Crippen LogP contribution in [-0.2, 0) is 16.2 Å². The van der Waals surface area contributed by atoms with E-state index in [0.717, 1.165) is 0 Å². The van der Waals surface area contributed by atoms with E-state index in [1.165, 1.54) is 0 Å². The van der Waals surface area contributed by atoms with Gasteiger partial charge in [0.25, 0.3) is 5.91 Å². The molecule has 0 saturated carbocycles. The molecule has 6 heteroatoms. The molecule has 2 amide bonds. The Labute approximate surface area is 116 Å². The van der Waals surface area contributed by atoms with Crippen LogP contribution in [0.5, 0.6) is 0 Å². The predicted molar refractivity (Wildman–Crippen MR) is 71.9 cm³/mol. The molecule has 0 atom stereocenters. The van der Waals surface area contributed by atoms with Crippen molar-refractivity contribution in [2.45, 2.75) is 26.0 Å². The van der Waals surface area contributed by atoms with Crippen molar-refractivity contribution in [2.75, 3.05) is 11.4 Å². The number of benzene rings is 1. The van der Waals surface area contributed by atoms with E-state index < -0.39 is 5.54 Å². The fraction of sp³-hybridized carbons (Fsp3) is 0.385. The van der Waals surface area contributed by atoms with Gasteiger partial charge in [-0.05, 0) is 31.5 Å². The van der Waals surface area contributed by atoms with Gasteiger partial charge in [-0.15, -0.1) is 0 Å². The van der Waals surface area contributed by atoms with Crippen LogP contribution in [0.25, 0.3) is 0 Å². The number of nitrogens with one attached hydrogen (secondary N) is 1. The van der Waals surface area contributed by atoms with Crippen LogP contribution in [-0.4, -0.2) is 29.0 Å². The molecule has 1 heterocycles. The highest BCUT2D eigenvalue weighted by molar-refractivity contribution is 6.33. The fourth-order valence-corrected chi connectivity index (χ4v) is 2.34. The second kappa shape index (κ2) is 4.83. The van der Waals surface area contributed by atoms with Crippen molar-refractivity contribution in [3.05, 3.63) is 28.8 Å². The average Bonchev–Trinajstić information content (AvgIpc) is 2.34. The van der Waals surface area contributed by atoms with Gasteiger partial charge in [-0.3, -0.25) is 14.9 Å². The summed E-state index contributed by atoms with van der Waals surface area (Å²) >= 11 is 6.17. The van der Waals surface area contributed by atoms with E-state index in [9.17, 15) is 9.59 Å². The van der Waals surface area contributed by atoms with Crippen molar-refractivity contribution >= 4 is 29.1 Å². The van der Waals surface area contributed by atoms with Crippen LogP contribution in [0.15, 0.2) is 18.2 Å². The number of nitrogens with zero attached hydrogens (tertiary/aromatic N) is 1. The third-order valence-corrected chi connectivity index (χ3v) is 3.57. The van der Waals surface area contributed by atoms with Gasteiger partial charge in [0.1, 0.15) is 5.54 Å². The summed E-state index contributed by atoms with van der Waals surface area (Å²) in [5.41, 5.74) is 0.421. The zero-order chi connectivity index (χ0) is 14.2. The van der Waals surface area contributed by atoms with Gasteiger partial charge >= 0.3 is 0 Å². The van der Waals surface area contributed by atoms with Crippen LogP contribution in [0.3, 0.4) is 0 Å². The van der Waals surface area contributed by atoms with E-state index in [2.05, 4.69) is 5.32 Å². The molecule has 0 radical (unpaired) electrons. The highest BCUT2D eigenvalue weighted by Crippen LogP contribution is 2.33. The van der Waals surface area contributed by atoms with Gasteiger partial charge in [-0.2, -0.15) is 0 Å². The molecule has 5 nitrogen and oxygen atoms in total. The molecule has 1 aromatic rings. The Morgan fingerprint density at radius 3 is 2.68 bits per heavy atom. The lowest BCUT2D eigenvalue weighted by atomic mass is 9.97. The van der Waals surface area contributed by atoms with Crippen LogP contribution in [0, 0.1) is 0 Å². The normalized spacial score (nSPS) is 18.4. The zero-order valence-corrected chi connectivity index (χ0v) is 11.5. The fourth-order valence-electron chi connectivity index (χ4n) is 2.04. The molecule has 0 unspecified atom stereocenters. The summed E-state index contributed by atoms with van der Waals surface area (Å²) in [6, 6.07) is 5.06. The number of amides is 2. The number of aliphatic hydroxyl groups excluding tert-OH is 1. The van der Waals surface area contributed by atoms with E-state index in [1.807, 2.05) is 0 Å². The van der Waals surface area contributed by atoms with Gasteiger partial charge in [0.2, 0.25) is 5.91 Å². The summed E-state index contributed by atoms with van der Waals surface area (Å²) < 4.78 is 0. The molecule has 1 saturated heterocycles. The Morgan fingerprint density at radius 1 is 1.42 bits per heavy atom. The topological polar surface area (TPSA) is 69.6 Å². The number of aliphatic hydroxyl groups is 1. The highest BCUT2D eigenvalue weighted by Gasteiger charge is 2.41. The van der Waals surface area contributed by atoms with Crippen LogP contribution in [0.1, 0.15) is 19.4 Å². The number of halogens is 1. The molecule has 0 aliphatic carbocycles. The van der Waals surface area contributed by atoms with Crippen LogP contribution >= 0.6 is 11.6 Å². The Balaban J connectivity index is 2.44. The zero-order valence-electron chi connectivity index (χ0n) is 10.7. The molecule has 19 heavy (non-hydrogen) atoms. The van der Waals surface area contributed by atoms with Crippen molar-refractivity contribution in [3.63, 3.8) is 0 Å². The lowest BCUT2D eigenvalue weighted by molar-refractivity contribution is -0.135. The Morgan fingerprint density at radius 2 is 2.11 bits per heavy atom. The first-order chi connectivity index (χ1) is 8.86. The monoisotopic (exact) mass is 282 g/mol. The minimum absolute atomic E-state index is 0.0664. The molecule has 0 spiro atoms. The minimum Gasteiger partial charge on any atom is -0.392 e. The maximum Gasteiger partial charge on any atom is 0.251 e.